The smallest absolute Gasteiger partial charge is 0.252 e. The Balaban J connectivity index is 1.81. The summed E-state index contributed by atoms with van der Waals surface area (Å²) in [5.74, 6) is -2.88. The SMILES string of the molecule is CC1=CCC(C(=O)[O-])(C(=O)N/N=C/C2=C(O)CC(C)(C)CC2=O)CC1c1ccccc1. The van der Waals surface area contributed by atoms with E-state index in [1.165, 1.54) is 0 Å². The van der Waals surface area contributed by atoms with E-state index in [1.807, 2.05) is 51.1 Å². The summed E-state index contributed by atoms with van der Waals surface area (Å²) in [5, 5.41) is 26.0. The molecule has 0 saturated heterocycles. The monoisotopic (exact) mass is 423 g/mol. The number of carboxylic acid groups (broad SMARTS) is 1. The Kier molecular flexibility index (Phi) is 6.15. The van der Waals surface area contributed by atoms with Crippen LogP contribution in [0.5, 0.6) is 0 Å². The van der Waals surface area contributed by atoms with Crippen molar-refractivity contribution in [1.82, 2.24) is 5.43 Å². The summed E-state index contributed by atoms with van der Waals surface area (Å²) in [6.07, 6.45) is 3.45. The predicted octanol–water partition coefficient (Wildman–Crippen LogP) is 2.55. The van der Waals surface area contributed by atoms with Crippen LogP contribution in [-0.4, -0.2) is 29.0 Å². The second-order valence-corrected chi connectivity index (χ2v) is 9.19. The number of carbonyl (C=O) groups is 3. The van der Waals surface area contributed by atoms with Crippen molar-refractivity contribution in [3.05, 3.63) is 58.9 Å². The van der Waals surface area contributed by atoms with Crippen LogP contribution < -0.4 is 10.5 Å². The zero-order valence-corrected chi connectivity index (χ0v) is 18.0. The Morgan fingerprint density at radius 3 is 2.52 bits per heavy atom. The first-order valence-electron chi connectivity index (χ1n) is 10.3. The fraction of sp³-hybridized carbons (Fsp3) is 0.417. The van der Waals surface area contributed by atoms with E-state index in [1.54, 1.807) is 6.08 Å². The number of hydrazone groups is 1. The summed E-state index contributed by atoms with van der Waals surface area (Å²) in [5.41, 5.74) is 2.06. The Morgan fingerprint density at radius 1 is 1.23 bits per heavy atom. The molecule has 0 spiro atoms. The van der Waals surface area contributed by atoms with Gasteiger partial charge in [0.05, 0.1) is 23.2 Å². The second-order valence-electron chi connectivity index (χ2n) is 9.19. The maximum Gasteiger partial charge on any atom is 0.252 e. The molecule has 1 aromatic rings. The van der Waals surface area contributed by atoms with Gasteiger partial charge in [0.25, 0.3) is 5.91 Å². The highest BCUT2D eigenvalue weighted by molar-refractivity contribution is 6.14. The van der Waals surface area contributed by atoms with Crippen LogP contribution in [0.25, 0.3) is 0 Å². The summed E-state index contributed by atoms with van der Waals surface area (Å²) in [4.78, 5) is 37.3. The molecule has 1 amide bonds. The third-order valence-electron chi connectivity index (χ3n) is 6.16. The molecule has 0 fully saturated rings. The van der Waals surface area contributed by atoms with Gasteiger partial charge < -0.3 is 15.0 Å². The number of Topliss-reactive ketones (excluding diaryl/α,β-unsaturated/α-hetero) is 1. The number of amides is 1. The lowest BCUT2D eigenvalue weighted by molar-refractivity contribution is -0.317. The first-order chi connectivity index (χ1) is 14.6. The van der Waals surface area contributed by atoms with Crippen LogP contribution in [0, 0.1) is 10.8 Å². The van der Waals surface area contributed by atoms with Gasteiger partial charge >= 0.3 is 0 Å². The van der Waals surface area contributed by atoms with Crippen molar-refractivity contribution in [1.29, 1.82) is 0 Å². The molecule has 0 saturated carbocycles. The van der Waals surface area contributed by atoms with Crippen LogP contribution in [-0.2, 0) is 14.4 Å². The molecule has 0 heterocycles. The van der Waals surface area contributed by atoms with Gasteiger partial charge in [-0.1, -0.05) is 55.8 Å². The molecule has 0 radical (unpaired) electrons. The van der Waals surface area contributed by atoms with Gasteiger partial charge in [-0.25, -0.2) is 5.43 Å². The number of aliphatic carboxylic acids is 1. The molecular weight excluding hydrogens is 396 g/mol. The van der Waals surface area contributed by atoms with Crippen molar-refractivity contribution in [3.8, 4) is 0 Å². The number of rotatable bonds is 5. The van der Waals surface area contributed by atoms with E-state index in [-0.39, 0.29) is 47.7 Å². The van der Waals surface area contributed by atoms with E-state index in [4.69, 9.17) is 0 Å². The molecule has 2 aliphatic rings. The van der Waals surface area contributed by atoms with Crippen LogP contribution in [0.3, 0.4) is 0 Å². The van der Waals surface area contributed by atoms with E-state index in [2.05, 4.69) is 10.5 Å². The van der Waals surface area contributed by atoms with E-state index in [0.717, 1.165) is 17.4 Å². The van der Waals surface area contributed by atoms with E-state index < -0.39 is 17.3 Å². The third-order valence-corrected chi connectivity index (χ3v) is 6.16. The number of aliphatic hydroxyl groups is 1. The number of carbonyl (C=O) groups excluding carboxylic acids is 3. The normalized spacial score (nSPS) is 26.0. The number of hydrogen-bond acceptors (Lipinski definition) is 6. The maximum atomic E-state index is 12.9. The fourth-order valence-corrected chi connectivity index (χ4v) is 4.29. The van der Waals surface area contributed by atoms with Crippen LogP contribution in [0.4, 0.5) is 0 Å². The average Bonchev–Trinajstić information content (AvgIpc) is 2.70. The Bertz CT molecular complexity index is 990. The standard InChI is InChI=1S/C24H28N2O5/c1-15-9-10-24(22(30)31,11-17(15)16-7-5-4-6-8-16)21(29)26-25-14-18-19(27)12-23(2,3)13-20(18)28/h4-9,14,17,27H,10-13H2,1-3H3,(H,26,29)(H,30,31)/p-1/b25-14+. The molecule has 2 atom stereocenters. The van der Waals surface area contributed by atoms with Gasteiger partial charge in [0.1, 0.15) is 5.76 Å². The van der Waals surface area contributed by atoms with Gasteiger partial charge in [-0.05, 0) is 30.7 Å². The molecule has 7 heteroatoms. The minimum absolute atomic E-state index is 0.00702. The van der Waals surface area contributed by atoms with Gasteiger partial charge in [-0.3, -0.25) is 9.59 Å². The Labute approximate surface area is 181 Å². The van der Waals surface area contributed by atoms with E-state index >= 15 is 0 Å². The number of aliphatic hydroxyl groups excluding tert-OH is 1. The molecular formula is C24H27N2O5-. The quantitative estimate of drug-likeness (QED) is 0.326. The van der Waals surface area contributed by atoms with Crippen molar-refractivity contribution in [2.24, 2.45) is 15.9 Å². The van der Waals surface area contributed by atoms with Crippen LogP contribution >= 0.6 is 0 Å². The molecule has 2 unspecified atom stereocenters. The second kappa shape index (κ2) is 8.49. The lowest BCUT2D eigenvalue weighted by atomic mass is 9.68. The molecule has 7 nitrogen and oxygen atoms in total. The topological polar surface area (TPSA) is 119 Å². The van der Waals surface area contributed by atoms with Crippen molar-refractivity contribution < 1.29 is 24.6 Å². The largest absolute Gasteiger partial charge is 0.549 e. The molecule has 3 rings (SSSR count). The molecule has 31 heavy (non-hydrogen) atoms. The summed E-state index contributed by atoms with van der Waals surface area (Å²) < 4.78 is 0. The fourth-order valence-electron chi connectivity index (χ4n) is 4.29. The zero-order chi connectivity index (χ0) is 22.8. The molecule has 0 aromatic heterocycles. The first-order valence-corrected chi connectivity index (χ1v) is 10.3. The van der Waals surface area contributed by atoms with Crippen molar-refractivity contribution in [2.45, 2.75) is 52.4 Å². The van der Waals surface area contributed by atoms with Crippen LogP contribution in [0.1, 0.15) is 57.9 Å². The minimum atomic E-state index is -1.79. The summed E-state index contributed by atoms with van der Waals surface area (Å²) >= 11 is 0. The van der Waals surface area contributed by atoms with Crippen LogP contribution in [0.2, 0.25) is 0 Å². The minimum Gasteiger partial charge on any atom is -0.549 e. The molecule has 2 aliphatic carbocycles. The van der Waals surface area contributed by atoms with Gasteiger partial charge in [0.15, 0.2) is 5.78 Å². The van der Waals surface area contributed by atoms with Crippen molar-refractivity contribution in [3.63, 3.8) is 0 Å². The number of carboxylic acids is 1. The summed E-state index contributed by atoms with van der Waals surface area (Å²) in [6.45, 7) is 5.67. The molecule has 164 valence electrons. The predicted molar refractivity (Wildman–Crippen MR) is 114 cm³/mol. The zero-order valence-electron chi connectivity index (χ0n) is 18.0. The molecule has 0 aliphatic heterocycles. The Morgan fingerprint density at radius 2 is 1.90 bits per heavy atom. The number of benzene rings is 1. The lowest BCUT2D eigenvalue weighted by Gasteiger charge is -2.39. The van der Waals surface area contributed by atoms with Gasteiger partial charge in [-0.15, -0.1) is 0 Å². The highest BCUT2D eigenvalue weighted by Crippen LogP contribution is 2.44. The number of nitrogens with one attached hydrogen (secondary N) is 1. The summed E-state index contributed by atoms with van der Waals surface area (Å²) in [7, 11) is 0. The number of ketones is 1. The first kappa shape index (κ1) is 22.5. The number of allylic oxidation sites excluding steroid dienone is 4. The van der Waals surface area contributed by atoms with Crippen molar-refractivity contribution >= 4 is 23.9 Å². The number of hydrogen-bond donors (Lipinski definition) is 2. The summed E-state index contributed by atoms with van der Waals surface area (Å²) in [6, 6.07) is 9.40. The molecule has 0 bridgehead atoms. The highest BCUT2D eigenvalue weighted by Gasteiger charge is 2.44. The molecule has 1 aromatic carbocycles. The molecule has 2 N–H and O–H groups in total. The average molecular weight is 423 g/mol. The third kappa shape index (κ3) is 4.60. The van der Waals surface area contributed by atoms with Crippen LogP contribution in [0.15, 0.2) is 58.4 Å². The number of nitrogens with zero attached hydrogens (tertiary/aromatic N) is 1. The lowest BCUT2D eigenvalue weighted by Crippen LogP contribution is -2.53. The van der Waals surface area contributed by atoms with Gasteiger partial charge in [0, 0.05) is 18.8 Å². The van der Waals surface area contributed by atoms with Crippen molar-refractivity contribution in [2.75, 3.05) is 0 Å². The van der Waals surface area contributed by atoms with E-state index in [0.29, 0.717) is 6.42 Å². The maximum absolute atomic E-state index is 12.9. The van der Waals surface area contributed by atoms with E-state index in [9.17, 15) is 24.6 Å². The highest BCUT2D eigenvalue weighted by atomic mass is 16.4. The Hall–Kier alpha value is -3.22. The van der Waals surface area contributed by atoms with Gasteiger partial charge in [-0.2, -0.15) is 5.10 Å². The van der Waals surface area contributed by atoms with Gasteiger partial charge in [0.2, 0.25) is 0 Å².